The molecule has 0 unspecified atom stereocenters. The second-order valence-electron chi connectivity index (χ2n) is 4.12. The molecule has 3 nitrogen and oxygen atoms in total. The van der Waals surface area contributed by atoms with E-state index in [1.54, 1.807) is 0 Å². The van der Waals surface area contributed by atoms with Gasteiger partial charge in [-0.2, -0.15) is 0 Å². The lowest BCUT2D eigenvalue weighted by Gasteiger charge is -2.35. The average Bonchev–Trinajstić information content (AvgIpc) is 2.40. The van der Waals surface area contributed by atoms with Gasteiger partial charge in [0.1, 0.15) is 0 Å². The molecule has 1 aromatic rings. The highest BCUT2D eigenvalue weighted by Crippen LogP contribution is 2.16. The minimum Gasteiger partial charge on any atom is -0.369 e. The van der Waals surface area contributed by atoms with Gasteiger partial charge in [-0.15, -0.1) is 5.92 Å². The summed E-state index contributed by atoms with van der Waals surface area (Å²) in [5.41, 5.74) is 5.57. The Morgan fingerprint density at radius 1 is 1.06 bits per heavy atom. The van der Waals surface area contributed by atoms with Crippen molar-refractivity contribution < 1.29 is 0 Å². The van der Waals surface area contributed by atoms with Crippen LogP contribution < -0.4 is 10.3 Å². The molecule has 0 bridgehead atoms. The van der Waals surface area contributed by atoms with E-state index in [9.17, 15) is 0 Å². The summed E-state index contributed by atoms with van der Waals surface area (Å²) in [7, 11) is 1.98. The van der Waals surface area contributed by atoms with E-state index in [0.717, 1.165) is 31.7 Å². The number of nitrogens with one attached hydrogen (secondary N) is 1. The molecule has 0 radical (unpaired) electrons. The van der Waals surface area contributed by atoms with Crippen molar-refractivity contribution in [3.63, 3.8) is 0 Å². The van der Waals surface area contributed by atoms with Crippen molar-refractivity contribution >= 4 is 5.69 Å². The Bertz CT molecular complexity index is 405. The number of hydrogen-bond donors (Lipinski definition) is 1. The Kier molecular flexibility index (Phi) is 4.03. The molecule has 17 heavy (non-hydrogen) atoms. The fourth-order valence-electron chi connectivity index (χ4n) is 2.09. The van der Waals surface area contributed by atoms with Gasteiger partial charge in [0, 0.05) is 37.4 Å². The fourth-order valence-corrected chi connectivity index (χ4v) is 2.09. The van der Waals surface area contributed by atoms with Crippen LogP contribution in [0.3, 0.4) is 0 Å². The maximum absolute atomic E-state index is 3.19. The van der Waals surface area contributed by atoms with Crippen molar-refractivity contribution in [1.82, 2.24) is 10.4 Å². The lowest BCUT2D eigenvalue weighted by atomic mass is 10.2. The van der Waals surface area contributed by atoms with Crippen molar-refractivity contribution in [2.75, 3.05) is 38.1 Å². The number of benzene rings is 1. The van der Waals surface area contributed by atoms with E-state index in [1.807, 2.05) is 14.0 Å². The molecule has 1 aliphatic rings. The summed E-state index contributed by atoms with van der Waals surface area (Å²) in [5.74, 6) is 5.98. The molecule has 0 spiro atoms. The predicted octanol–water partition coefficient (Wildman–Crippen LogP) is 1.31. The van der Waals surface area contributed by atoms with Crippen LogP contribution in [0.2, 0.25) is 0 Å². The van der Waals surface area contributed by atoms with E-state index >= 15 is 0 Å². The molecule has 0 aliphatic carbocycles. The van der Waals surface area contributed by atoms with E-state index in [1.165, 1.54) is 5.69 Å². The van der Waals surface area contributed by atoms with E-state index in [4.69, 9.17) is 0 Å². The van der Waals surface area contributed by atoms with Crippen LogP contribution >= 0.6 is 0 Å². The Hall–Kier alpha value is -1.50. The third kappa shape index (κ3) is 3.00. The Morgan fingerprint density at radius 2 is 1.71 bits per heavy atom. The van der Waals surface area contributed by atoms with Gasteiger partial charge in [-0.3, -0.25) is 5.43 Å². The molecule has 1 saturated heterocycles. The Morgan fingerprint density at radius 3 is 2.24 bits per heavy atom. The quantitative estimate of drug-likeness (QED) is 0.772. The standard InChI is InChI=1S/C14H19N3/c1-3-4-13-5-7-14(8-6-13)16-9-11-17(15-2)12-10-16/h5-8,15H,9-12H2,1-2H3. The van der Waals surface area contributed by atoms with Crippen LogP contribution in [0.4, 0.5) is 5.69 Å². The molecule has 90 valence electrons. The van der Waals surface area contributed by atoms with Gasteiger partial charge in [-0.05, 0) is 38.2 Å². The molecule has 1 aliphatic heterocycles. The maximum Gasteiger partial charge on any atom is 0.0367 e. The topological polar surface area (TPSA) is 18.5 Å². The zero-order valence-corrected chi connectivity index (χ0v) is 10.5. The van der Waals surface area contributed by atoms with Crippen LogP contribution in [0.1, 0.15) is 12.5 Å². The summed E-state index contributed by atoms with van der Waals surface area (Å²) < 4.78 is 0. The summed E-state index contributed by atoms with van der Waals surface area (Å²) in [6, 6.07) is 8.51. The molecule has 3 heteroatoms. The van der Waals surface area contributed by atoms with Crippen molar-refractivity contribution in [2.24, 2.45) is 0 Å². The van der Waals surface area contributed by atoms with E-state index in [0.29, 0.717) is 0 Å². The van der Waals surface area contributed by atoms with Crippen molar-refractivity contribution in [3.05, 3.63) is 29.8 Å². The first-order chi connectivity index (χ1) is 8.33. The van der Waals surface area contributed by atoms with Crippen molar-refractivity contribution in [1.29, 1.82) is 0 Å². The van der Waals surface area contributed by atoms with E-state index in [2.05, 4.69) is 51.4 Å². The van der Waals surface area contributed by atoms with Gasteiger partial charge in [-0.1, -0.05) is 5.92 Å². The predicted molar refractivity (Wildman–Crippen MR) is 71.8 cm³/mol. The summed E-state index contributed by atoms with van der Waals surface area (Å²) in [6.45, 7) is 6.13. The average molecular weight is 229 g/mol. The Balaban J connectivity index is 2.00. The SMILES string of the molecule is CC#Cc1ccc(N2CCN(NC)CC2)cc1. The van der Waals surface area contributed by atoms with E-state index < -0.39 is 0 Å². The van der Waals surface area contributed by atoms with Gasteiger partial charge >= 0.3 is 0 Å². The maximum atomic E-state index is 3.19. The molecule has 2 rings (SSSR count). The van der Waals surface area contributed by atoms with Gasteiger partial charge in [0.25, 0.3) is 0 Å². The first kappa shape index (κ1) is 12.0. The van der Waals surface area contributed by atoms with Gasteiger partial charge in [0.05, 0.1) is 0 Å². The molecule has 1 N–H and O–H groups in total. The molecule has 0 saturated carbocycles. The molecule has 0 aromatic heterocycles. The normalized spacial score (nSPS) is 16.5. The van der Waals surface area contributed by atoms with E-state index in [-0.39, 0.29) is 0 Å². The molecular formula is C14H19N3. The van der Waals surface area contributed by atoms with Crippen LogP contribution in [-0.4, -0.2) is 38.2 Å². The first-order valence-corrected chi connectivity index (χ1v) is 6.03. The largest absolute Gasteiger partial charge is 0.369 e. The lowest BCUT2D eigenvalue weighted by Crippen LogP contribution is -2.50. The van der Waals surface area contributed by atoms with Crippen LogP contribution in [0.25, 0.3) is 0 Å². The fraction of sp³-hybridized carbons (Fsp3) is 0.429. The monoisotopic (exact) mass is 229 g/mol. The molecule has 0 amide bonds. The van der Waals surface area contributed by atoms with Crippen molar-refractivity contribution in [2.45, 2.75) is 6.92 Å². The van der Waals surface area contributed by atoms with Crippen molar-refractivity contribution in [3.8, 4) is 11.8 Å². The molecular weight excluding hydrogens is 210 g/mol. The molecule has 1 aromatic carbocycles. The summed E-state index contributed by atoms with van der Waals surface area (Å²) >= 11 is 0. The highest BCUT2D eigenvalue weighted by Gasteiger charge is 2.15. The van der Waals surface area contributed by atoms with Gasteiger partial charge in [0.15, 0.2) is 0 Å². The third-order valence-corrected chi connectivity index (χ3v) is 3.10. The minimum atomic E-state index is 1.06. The molecule has 1 heterocycles. The highest BCUT2D eigenvalue weighted by atomic mass is 15.5. The molecule has 0 atom stereocenters. The summed E-state index contributed by atoms with van der Waals surface area (Å²) in [4.78, 5) is 2.41. The second-order valence-corrected chi connectivity index (χ2v) is 4.12. The third-order valence-electron chi connectivity index (χ3n) is 3.10. The number of hydrazine groups is 1. The number of hydrogen-bond acceptors (Lipinski definition) is 3. The van der Waals surface area contributed by atoms with Crippen LogP contribution in [0.5, 0.6) is 0 Å². The second kappa shape index (κ2) is 5.72. The number of piperazine rings is 1. The minimum absolute atomic E-state index is 1.06. The van der Waals surface area contributed by atoms with Gasteiger partial charge < -0.3 is 4.90 Å². The van der Waals surface area contributed by atoms with Crippen LogP contribution in [-0.2, 0) is 0 Å². The van der Waals surface area contributed by atoms with Crippen LogP contribution in [0, 0.1) is 11.8 Å². The Labute approximate surface area is 103 Å². The highest BCUT2D eigenvalue weighted by molar-refractivity contribution is 5.50. The zero-order chi connectivity index (χ0) is 12.1. The summed E-state index contributed by atoms with van der Waals surface area (Å²) in [6.07, 6.45) is 0. The number of nitrogens with zero attached hydrogens (tertiary/aromatic N) is 2. The van der Waals surface area contributed by atoms with Gasteiger partial charge in [0.2, 0.25) is 0 Å². The van der Waals surface area contributed by atoms with Crippen LogP contribution in [0.15, 0.2) is 24.3 Å². The number of rotatable bonds is 2. The lowest BCUT2D eigenvalue weighted by molar-refractivity contribution is 0.195. The van der Waals surface area contributed by atoms with Gasteiger partial charge in [-0.25, -0.2) is 5.01 Å². The first-order valence-electron chi connectivity index (χ1n) is 6.03. The molecule has 1 fully saturated rings. The smallest absolute Gasteiger partial charge is 0.0367 e. The summed E-state index contributed by atoms with van der Waals surface area (Å²) in [5, 5.41) is 2.24. The zero-order valence-electron chi connectivity index (χ0n) is 10.5. The number of anilines is 1.